The van der Waals surface area contributed by atoms with Gasteiger partial charge in [0.15, 0.2) is 4.34 Å². The molecule has 1 fully saturated rings. The maximum Gasteiger partial charge on any atom is 0.233 e. The molecule has 0 bridgehead atoms. The summed E-state index contributed by atoms with van der Waals surface area (Å²) in [7, 11) is 0. The molecule has 1 aliphatic heterocycles. The zero-order valence-electron chi connectivity index (χ0n) is 14.8. The van der Waals surface area contributed by atoms with E-state index in [1.807, 2.05) is 31.2 Å². The number of nitrogens with zero attached hydrogens (tertiary/aromatic N) is 4. The first-order valence-electron chi connectivity index (χ1n) is 8.35. The lowest BCUT2D eigenvalue weighted by Gasteiger charge is -2.34. The van der Waals surface area contributed by atoms with Crippen LogP contribution in [0.1, 0.15) is 12.5 Å². The highest BCUT2D eigenvalue weighted by Gasteiger charge is 2.22. The largest absolute Gasteiger partial charge is 0.339 e. The Morgan fingerprint density at radius 3 is 2.54 bits per heavy atom. The molecule has 26 heavy (non-hydrogen) atoms. The van der Waals surface area contributed by atoms with Gasteiger partial charge in [0.1, 0.15) is 0 Å². The van der Waals surface area contributed by atoms with Crippen molar-refractivity contribution >= 4 is 45.7 Å². The van der Waals surface area contributed by atoms with E-state index in [1.54, 1.807) is 16.7 Å². The fourth-order valence-electron chi connectivity index (χ4n) is 2.63. The van der Waals surface area contributed by atoms with Gasteiger partial charge in [-0.2, -0.15) is 0 Å². The number of aryl methyl sites for hydroxylation is 1. The zero-order valence-corrected chi connectivity index (χ0v) is 16.4. The van der Waals surface area contributed by atoms with Crippen molar-refractivity contribution in [3.63, 3.8) is 0 Å². The first kappa shape index (κ1) is 18.7. The van der Waals surface area contributed by atoms with E-state index in [0.717, 1.165) is 15.6 Å². The number of nitrogens with one attached hydrogen (secondary N) is 1. The topological polar surface area (TPSA) is 78.4 Å². The van der Waals surface area contributed by atoms with Gasteiger partial charge in [0.2, 0.25) is 16.9 Å². The Kier molecular flexibility index (Phi) is 6.10. The zero-order chi connectivity index (χ0) is 18.5. The van der Waals surface area contributed by atoms with Crippen LogP contribution >= 0.6 is 23.1 Å². The van der Waals surface area contributed by atoms with E-state index in [0.29, 0.717) is 37.1 Å². The lowest BCUT2D eigenvalue weighted by atomic mass is 10.2. The van der Waals surface area contributed by atoms with Crippen LogP contribution in [0.2, 0.25) is 0 Å². The molecule has 0 aliphatic carbocycles. The molecule has 138 valence electrons. The highest BCUT2D eigenvalue weighted by atomic mass is 32.2. The quantitative estimate of drug-likeness (QED) is 0.789. The SMILES string of the molecule is CC(=O)N1CCN(C(=O)CSc2nnc(Nc3ccccc3C)s2)CC1. The van der Waals surface area contributed by atoms with E-state index < -0.39 is 0 Å². The molecule has 1 aliphatic rings. The number of benzene rings is 1. The van der Waals surface area contributed by atoms with Crippen molar-refractivity contribution in [2.45, 2.75) is 18.2 Å². The number of carbonyl (C=O) groups is 2. The van der Waals surface area contributed by atoms with Crippen LogP contribution < -0.4 is 5.32 Å². The van der Waals surface area contributed by atoms with Crippen LogP contribution in [0, 0.1) is 6.92 Å². The van der Waals surface area contributed by atoms with E-state index in [1.165, 1.54) is 23.1 Å². The summed E-state index contributed by atoms with van der Waals surface area (Å²) in [6, 6.07) is 7.98. The molecule has 1 N–H and O–H groups in total. The van der Waals surface area contributed by atoms with Gasteiger partial charge in [-0.15, -0.1) is 10.2 Å². The minimum atomic E-state index is 0.0639. The van der Waals surface area contributed by atoms with Gasteiger partial charge in [0.05, 0.1) is 5.75 Å². The maximum atomic E-state index is 12.3. The number of thioether (sulfide) groups is 1. The number of para-hydroxylation sites is 1. The number of anilines is 2. The molecule has 0 radical (unpaired) electrons. The number of aromatic nitrogens is 2. The Labute approximate surface area is 160 Å². The summed E-state index contributed by atoms with van der Waals surface area (Å²) in [5, 5.41) is 12.2. The Hall–Kier alpha value is -2.13. The second kappa shape index (κ2) is 8.50. The van der Waals surface area contributed by atoms with Crippen molar-refractivity contribution in [1.29, 1.82) is 0 Å². The summed E-state index contributed by atoms with van der Waals surface area (Å²) in [6.07, 6.45) is 0. The van der Waals surface area contributed by atoms with E-state index in [4.69, 9.17) is 0 Å². The minimum absolute atomic E-state index is 0.0639. The Morgan fingerprint density at radius 1 is 1.15 bits per heavy atom. The van der Waals surface area contributed by atoms with Gasteiger partial charge >= 0.3 is 0 Å². The number of carbonyl (C=O) groups excluding carboxylic acids is 2. The summed E-state index contributed by atoms with van der Waals surface area (Å²) in [6.45, 7) is 5.99. The third kappa shape index (κ3) is 4.73. The van der Waals surface area contributed by atoms with Crippen molar-refractivity contribution < 1.29 is 9.59 Å². The molecule has 7 nitrogen and oxygen atoms in total. The third-order valence-corrected chi connectivity index (χ3v) is 6.15. The summed E-state index contributed by atoms with van der Waals surface area (Å²) in [4.78, 5) is 27.2. The van der Waals surface area contributed by atoms with Gasteiger partial charge in [-0.05, 0) is 18.6 Å². The number of rotatable bonds is 5. The molecule has 1 aromatic heterocycles. The molecule has 2 heterocycles. The molecule has 2 amide bonds. The Morgan fingerprint density at radius 2 is 1.85 bits per heavy atom. The number of hydrogen-bond acceptors (Lipinski definition) is 7. The van der Waals surface area contributed by atoms with E-state index in [-0.39, 0.29) is 11.8 Å². The first-order chi connectivity index (χ1) is 12.5. The van der Waals surface area contributed by atoms with Crippen molar-refractivity contribution in [2.75, 3.05) is 37.2 Å². The summed E-state index contributed by atoms with van der Waals surface area (Å²) in [5.74, 6) is 0.467. The second-order valence-corrected chi connectivity index (χ2v) is 8.19. The van der Waals surface area contributed by atoms with Gasteiger partial charge in [0.25, 0.3) is 0 Å². The van der Waals surface area contributed by atoms with E-state index in [2.05, 4.69) is 15.5 Å². The van der Waals surface area contributed by atoms with Crippen molar-refractivity contribution in [3.8, 4) is 0 Å². The van der Waals surface area contributed by atoms with Crippen molar-refractivity contribution in [3.05, 3.63) is 29.8 Å². The monoisotopic (exact) mass is 391 g/mol. The lowest BCUT2D eigenvalue weighted by molar-refractivity contribution is -0.136. The first-order valence-corrected chi connectivity index (χ1v) is 10.2. The fourth-order valence-corrected chi connectivity index (χ4v) is 4.30. The molecular weight excluding hydrogens is 370 g/mol. The molecule has 2 aromatic rings. The van der Waals surface area contributed by atoms with Crippen LogP contribution in [0.3, 0.4) is 0 Å². The molecule has 0 spiro atoms. The third-order valence-electron chi connectivity index (χ3n) is 4.19. The van der Waals surface area contributed by atoms with Crippen molar-refractivity contribution in [2.24, 2.45) is 0 Å². The molecule has 9 heteroatoms. The normalized spacial score (nSPS) is 14.4. The molecule has 3 rings (SSSR count). The van der Waals surface area contributed by atoms with Crippen molar-refractivity contribution in [1.82, 2.24) is 20.0 Å². The number of amides is 2. The van der Waals surface area contributed by atoms with Gasteiger partial charge in [-0.25, -0.2) is 0 Å². The van der Waals surface area contributed by atoms with Crippen LogP contribution in [0.5, 0.6) is 0 Å². The molecular formula is C17H21N5O2S2. The van der Waals surface area contributed by atoms with Gasteiger partial charge in [-0.1, -0.05) is 41.3 Å². The van der Waals surface area contributed by atoms with Crippen LogP contribution in [0.25, 0.3) is 0 Å². The summed E-state index contributed by atoms with van der Waals surface area (Å²) in [5.41, 5.74) is 2.14. The average Bonchev–Trinajstić information content (AvgIpc) is 3.09. The maximum absolute atomic E-state index is 12.3. The lowest BCUT2D eigenvalue weighted by Crippen LogP contribution is -2.50. The predicted molar refractivity (Wildman–Crippen MR) is 104 cm³/mol. The molecule has 0 saturated carbocycles. The van der Waals surface area contributed by atoms with Crippen LogP contribution in [0.4, 0.5) is 10.8 Å². The molecule has 0 atom stereocenters. The minimum Gasteiger partial charge on any atom is -0.339 e. The predicted octanol–water partition coefficient (Wildman–Crippen LogP) is 2.37. The van der Waals surface area contributed by atoms with Gasteiger partial charge < -0.3 is 15.1 Å². The van der Waals surface area contributed by atoms with Crippen LogP contribution in [-0.2, 0) is 9.59 Å². The van der Waals surface area contributed by atoms with Gasteiger partial charge in [-0.3, -0.25) is 9.59 Å². The fraction of sp³-hybridized carbons (Fsp3) is 0.412. The highest BCUT2D eigenvalue weighted by Crippen LogP contribution is 2.28. The summed E-state index contributed by atoms with van der Waals surface area (Å²) < 4.78 is 0.761. The Balaban J connectivity index is 1.48. The molecule has 1 aromatic carbocycles. The van der Waals surface area contributed by atoms with Crippen LogP contribution in [0.15, 0.2) is 28.6 Å². The van der Waals surface area contributed by atoms with Gasteiger partial charge in [0, 0.05) is 38.8 Å². The second-order valence-electron chi connectivity index (χ2n) is 5.99. The average molecular weight is 392 g/mol. The standard InChI is InChI=1S/C17H21N5O2S2/c1-12-5-3-4-6-14(12)18-16-19-20-17(26-16)25-11-15(24)22-9-7-21(8-10-22)13(2)23/h3-6H,7-11H2,1-2H3,(H,18,19). The smallest absolute Gasteiger partial charge is 0.233 e. The highest BCUT2D eigenvalue weighted by molar-refractivity contribution is 8.01. The number of piperazine rings is 1. The molecule has 1 saturated heterocycles. The van der Waals surface area contributed by atoms with E-state index >= 15 is 0 Å². The summed E-state index contributed by atoms with van der Waals surface area (Å²) >= 11 is 2.83. The molecule has 0 unspecified atom stereocenters. The number of hydrogen-bond donors (Lipinski definition) is 1. The van der Waals surface area contributed by atoms with E-state index in [9.17, 15) is 9.59 Å². The Bertz CT molecular complexity index is 787. The van der Waals surface area contributed by atoms with Crippen LogP contribution in [-0.4, -0.2) is 63.7 Å².